The van der Waals surface area contributed by atoms with Gasteiger partial charge in [0.1, 0.15) is 0 Å². The molecule has 0 N–H and O–H groups in total. The van der Waals surface area contributed by atoms with Gasteiger partial charge < -0.3 is 0 Å². The minimum atomic E-state index is -0.139. The Morgan fingerprint density at radius 2 is 1.45 bits per heavy atom. The highest BCUT2D eigenvalue weighted by atomic mass is 79.9. The van der Waals surface area contributed by atoms with Crippen molar-refractivity contribution in [2.24, 2.45) is 12.0 Å². The number of hydrogen-bond acceptors (Lipinski definition) is 3. The summed E-state index contributed by atoms with van der Waals surface area (Å²) >= 11 is 5.03. The van der Waals surface area contributed by atoms with Crippen LogP contribution >= 0.6 is 27.3 Å². The molecule has 5 aromatic rings. The van der Waals surface area contributed by atoms with Crippen LogP contribution in [0.2, 0.25) is 0 Å². The van der Waals surface area contributed by atoms with Crippen molar-refractivity contribution >= 4 is 33.0 Å². The maximum absolute atomic E-state index is 13.4. The van der Waals surface area contributed by atoms with Crippen LogP contribution in [0.5, 0.6) is 0 Å². The largest absolute Gasteiger partial charge is 0.297 e. The standard InChI is InChI=1S/C26H21BrN4OS/c1-18-24(25(32)31(29(18)2)22-11-7-4-8-12-22)28-26-30(21-9-5-3-6-10-21)23(17-33-26)19-13-15-20(27)16-14-19/h3-17H,1-2H3. The summed E-state index contributed by atoms with van der Waals surface area (Å²) in [6.07, 6.45) is 0. The van der Waals surface area contributed by atoms with Gasteiger partial charge in [-0.05, 0) is 48.9 Å². The van der Waals surface area contributed by atoms with E-state index < -0.39 is 0 Å². The van der Waals surface area contributed by atoms with Crippen LogP contribution in [0.25, 0.3) is 22.6 Å². The minimum Gasteiger partial charge on any atom is -0.285 e. The Balaban J connectivity index is 1.75. The van der Waals surface area contributed by atoms with E-state index in [1.165, 1.54) is 11.3 Å². The average molecular weight is 517 g/mol. The number of aromatic nitrogens is 3. The van der Waals surface area contributed by atoms with Crippen molar-refractivity contribution < 1.29 is 0 Å². The van der Waals surface area contributed by atoms with Gasteiger partial charge in [-0.3, -0.25) is 14.0 Å². The summed E-state index contributed by atoms with van der Waals surface area (Å²) in [6.45, 7) is 1.93. The molecule has 0 aliphatic rings. The molecule has 2 aromatic heterocycles. The molecule has 5 rings (SSSR count). The molecule has 0 spiro atoms. The predicted molar refractivity (Wildman–Crippen MR) is 138 cm³/mol. The summed E-state index contributed by atoms with van der Waals surface area (Å²) in [5.74, 6) is 0. The van der Waals surface area contributed by atoms with E-state index in [0.717, 1.165) is 37.6 Å². The van der Waals surface area contributed by atoms with Crippen molar-refractivity contribution in [2.45, 2.75) is 6.92 Å². The molecule has 0 amide bonds. The molecular weight excluding hydrogens is 496 g/mol. The van der Waals surface area contributed by atoms with Gasteiger partial charge >= 0.3 is 0 Å². The van der Waals surface area contributed by atoms with Crippen molar-refractivity contribution in [3.8, 4) is 22.6 Å². The molecule has 0 aliphatic heterocycles. The summed E-state index contributed by atoms with van der Waals surface area (Å²) in [5, 5.41) is 2.09. The SMILES string of the molecule is Cc1c(N=c2scc(-c3ccc(Br)cc3)n2-c2ccccc2)c(=O)n(-c2ccccc2)n1C. The Hall–Kier alpha value is -3.42. The van der Waals surface area contributed by atoms with Crippen molar-refractivity contribution in [3.63, 3.8) is 0 Å². The molecule has 0 unspecified atom stereocenters. The van der Waals surface area contributed by atoms with Gasteiger partial charge in [-0.25, -0.2) is 9.67 Å². The Labute approximate surface area is 203 Å². The zero-order chi connectivity index (χ0) is 22.9. The van der Waals surface area contributed by atoms with Gasteiger partial charge in [0, 0.05) is 22.6 Å². The van der Waals surface area contributed by atoms with Gasteiger partial charge in [0.25, 0.3) is 5.56 Å². The van der Waals surface area contributed by atoms with E-state index in [4.69, 9.17) is 4.99 Å². The van der Waals surface area contributed by atoms with Crippen LogP contribution in [-0.4, -0.2) is 13.9 Å². The van der Waals surface area contributed by atoms with E-state index in [0.29, 0.717) is 5.69 Å². The van der Waals surface area contributed by atoms with E-state index in [1.54, 1.807) is 4.68 Å². The van der Waals surface area contributed by atoms with Gasteiger partial charge in [-0.2, -0.15) is 0 Å². The van der Waals surface area contributed by atoms with Gasteiger partial charge in [0.15, 0.2) is 10.5 Å². The highest BCUT2D eigenvalue weighted by molar-refractivity contribution is 9.10. The molecule has 0 aliphatic carbocycles. The van der Waals surface area contributed by atoms with Crippen molar-refractivity contribution in [3.05, 3.63) is 116 Å². The third-order valence-electron chi connectivity index (χ3n) is 5.59. The Morgan fingerprint density at radius 1 is 0.848 bits per heavy atom. The average Bonchev–Trinajstić information content (AvgIpc) is 3.35. The van der Waals surface area contributed by atoms with E-state index in [2.05, 4.69) is 38.0 Å². The normalized spacial score (nSPS) is 11.8. The monoisotopic (exact) mass is 516 g/mol. The molecule has 0 saturated carbocycles. The van der Waals surface area contributed by atoms with E-state index >= 15 is 0 Å². The van der Waals surface area contributed by atoms with Crippen LogP contribution in [0.15, 0.2) is 105 Å². The number of nitrogens with zero attached hydrogens (tertiary/aromatic N) is 4. The molecule has 0 bridgehead atoms. The fourth-order valence-electron chi connectivity index (χ4n) is 3.82. The van der Waals surface area contributed by atoms with Gasteiger partial charge in [0.05, 0.1) is 17.1 Å². The van der Waals surface area contributed by atoms with Crippen molar-refractivity contribution in [2.75, 3.05) is 0 Å². The molecule has 3 aromatic carbocycles. The van der Waals surface area contributed by atoms with Crippen LogP contribution in [0.3, 0.4) is 0 Å². The lowest BCUT2D eigenvalue weighted by atomic mass is 10.1. The number of hydrogen-bond donors (Lipinski definition) is 0. The lowest BCUT2D eigenvalue weighted by Crippen LogP contribution is -2.20. The predicted octanol–water partition coefficient (Wildman–Crippen LogP) is 6.00. The zero-order valence-electron chi connectivity index (χ0n) is 18.1. The molecule has 0 radical (unpaired) electrons. The van der Waals surface area contributed by atoms with Crippen LogP contribution in [0.1, 0.15) is 5.69 Å². The highest BCUT2D eigenvalue weighted by Gasteiger charge is 2.17. The summed E-state index contributed by atoms with van der Waals surface area (Å²) in [6, 6.07) is 27.9. The van der Waals surface area contributed by atoms with Crippen LogP contribution in [0.4, 0.5) is 5.69 Å². The molecule has 0 atom stereocenters. The Bertz CT molecular complexity index is 1540. The number of para-hydroxylation sites is 2. The first-order valence-corrected chi connectivity index (χ1v) is 12.1. The number of benzene rings is 3. The van der Waals surface area contributed by atoms with Crippen LogP contribution < -0.4 is 10.4 Å². The van der Waals surface area contributed by atoms with Gasteiger partial charge in [-0.15, -0.1) is 11.3 Å². The number of rotatable bonds is 4. The highest BCUT2D eigenvalue weighted by Crippen LogP contribution is 2.26. The second-order valence-electron chi connectivity index (χ2n) is 7.60. The molecule has 0 saturated heterocycles. The first kappa shape index (κ1) is 21.4. The third kappa shape index (κ3) is 3.94. The van der Waals surface area contributed by atoms with Crippen molar-refractivity contribution in [1.82, 2.24) is 13.9 Å². The Kier molecular flexibility index (Phi) is 5.74. The van der Waals surface area contributed by atoms with E-state index in [9.17, 15) is 4.79 Å². The molecule has 0 fully saturated rings. The molecule has 2 heterocycles. The fourth-order valence-corrected chi connectivity index (χ4v) is 4.99. The summed E-state index contributed by atoms with van der Waals surface area (Å²) < 4.78 is 6.64. The molecule has 7 heteroatoms. The molecular formula is C26H21BrN4OS. The molecule has 33 heavy (non-hydrogen) atoms. The third-order valence-corrected chi connectivity index (χ3v) is 6.95. The summed E-state index contributed by atoms with van der Waals surface area (Å²) in [5.41, 5.74) is 5.01. The topological polar surface area (TPSA) is 44.2 Å². The first-order valence-electron chi connectivity index (χ1n) is 10.5. The number of halogens is 1. The molecule has 164 valence electrons. The second kappa shape index (κ2) is 8.84. The fraction of sp³-hybridized carbons (Fsp3) is 0.0769. The van der Waals surface area contributed by atoms with E-state index in [-0.39, 0.29) is 5.56 Å². The lowest BCUT2D eigenvalue weighted by molar-refractivity contribution is 0.630. The first-order chi connectivity index (χ1) is 16.0. The quantitative estimate of drug-likeness (QED) is 0.289. The maximum atomic E-state index is 13.4. The Morgan fingerprint density at radius 3 is 2.09 bits per heavy atom. The minimum absolute atomic E-state index is 0.139. The van der Waals surface area contributed by atoms with Gasteiger partial charge in [0.2, 0.25) is 0 Å². The lowest BCUT2D eigenvalue weighted by Gasteiger charge is -2.09. The van der Waals surface area contributed by atoms with Crippen LogP contribution in [-0.2, 0) is 7.05 Å². The smallest absolute Gasteiger partial charge is 0.285 e. The summed E-state index contributed by atoms with van der Waals surface area (Å²) in [7, 11) is 1.88. The molecule has 5 nitrogen and oxygen atoms in total. The maximum Gasteiger partial charge on any atom is 0.297 e. The second-order valence-corrected chi connectivity index (χ2v) is 9.36. The van der Waals surface area contributed by atoms with Crippen molar-refractivity contribution in [1.29, 1.82) is 0 Å². The van der Waals surface area contributed by atoms with Gasteiger partial charge in [-0.1, -0.05) is 64.5 Å². The summed E-state index contributed by atoms with van der Waals surface area (Å²) in [4.78, 5) is 19.1. The zero-order valence-corrected chi connectivity index (χ0v) is 20.5. The van der Waals surface area contributed by atoms with Crippen LogP contribution in [0, 0.1) is 6.92 Å². The van der Waals surface area contributed by atoms with E-state index in [1.807, 2.05) is 91.4 Å². The number of thiazole rings is 1.